The van der Waals surface area contributed by atoms with E-state index < -0.39 is 0 Å². The summed E-state index contributed by atoms with van der Waals surface area (Å²) in [5.41, 5.74) is 5.87. The van der Waals surface area contributed by atoms with Crippen LogP contribution in [0.2, 0.25) is 0 Å². The average molecular weight is 373 g/mol. The van der Waals surface area contributed by atoms with Gasteiger partial charge in [0.2, 0.25) is 0 Å². The van der Waals surface area contributed by atoms with E-state index in [2.05, 4.69) is 10.2 Å². The second kappa shape index (κ2) is 7.43. The van der Waals surface area contributed by atoms with E-state index in [1.54, 1.807) is 6.20 Å². The van der Waals surface area contributed by atoms with Gasteiger partial charge in [0.15, 0.2) is 0 Å². The van der Waals surface area contributed by atoms with Crippen LogP contribution in [-0.2, 0) is 0 Å². The highest BCUT2D eigenvalue weighted by Gasteiger charge is 2.32. The van der Waals surface area contributed by atoms with Crippen molar-refractivity contribution < 1.29 is 9.53 Å². The number of benzene rings is 2. The van der Waals surface area contributed by atoms with Crippen LogP contribution in [0.25, 0.3) is 11.3 Å². The Labute approximate surface area is 165 Å². The molecule has 0 saturated carbocycles. The number of nitrogens with zero attached hydrogens (tertiary/aromatic N) is 3. The van der Waals surface area contributed by atoms with E-state index in [-0.39, 0.29) is 12.0 Å². The highest BCUT2D eigenvalue weighted by molar-refractivity contribution is 5.95. The van der Waals surface area contributed by atoms with Crippen LogP contribution >= 0.6 is 0 Å². The number of hydrogen-bond acceptors (Lipinski definition) is 4. The molecule has 1 fully saturated rings. The molecule has 0 atom stereocenters. The smallest absolute Gasteiger partial charge is 0.254 e. The quantitative estimate of drug-likeness (QED) is 0.694. The van der Waals surface area contributed by atoms with Gasteiger partial charge < -0.3 is 9.64 Å². The van der Waals surface area contributed by atoms with Crippen molar-refractivity contribution in [1.29, 1.82) is 0 Å². The number of carbonyl (C=O) groups is 1. The van der Waals surface area contributed by atoms with Crippen molar-refractivity contribution in [1.82, 2.24) is 15.1 Å². The molecule has 0 aliphatic carbocycles. The molecule has 0 N–H and O–H groups in total. The number of ether oxygens (including phenoxy) is 1. The lowest BCUT2D eigenvalue weighted by Crippen LogP contribution is -2.56. The monoisotopic (exact) mass is 373 g/mol. The maximum atomic E-state index is 12.7. The summed E-state index contributed by atoms with van der Waals surface area (Å²) < 4.78 is 5.94. The van der Waals surface area contributed by atoms with Crippen LogP contribution in [0.1, 0.15) is 27.0 Å². The largest absolute Gasteiger partial charge is 0.487 e. The normalized spacial score (nSPS) is 13.9. The van der Waals surface area contributed by atoms with E-state index in [4.69, 9.17) is 4.74 Å². The van der Waals surface area contributed by atoms with E-state index in [0.717, 1.165) is 28.1 Å². The third-order valence-electron chi connectivity index (χ3n) is 5.19. The lowest BCUT2D eigenvalue weighted by atomic mass is 10.0. The molecule has 142 valence electrons. The maximum Gasteiger partial charge on any atom is 0.254 e. The summed E-state index contributed by atoms with van der Waals surface area (Å²) in [6.45, 7) is 7.31. The van der Waals surface area contributed by atoms with Crippen molar-refractivity contribution in [2.75, 3.05) is 13.1 Å². The van der Waals surface area contributed by atoms with Crippen LogP contribution in [0.15, 0.2) is 54.7 Å². The summed E-state index contributed by atoms with van der Waals surface area (Å²) in [5.74, 6) is 0.888. The third kappa shape index (κ3) is 3.60. The number of carbonyl (C=O) groups excluding carboxylic acids is 1. The Bertz CT molecular complexity index is 1010. The van der Waals surface area contributed by atoms with Gasteiger partial charge in [0.25, 0.3) is 5.91 Å². The second-order valence-corrected chi connectivity index (χ2v) is 7.35. The van der Waals surface area contributed by atoms with Gasteiger partial charge >= 0.3 is 0 Å². The number of aromatic nitrogens is 2. The third-order valence-corrected chi connectivity index (χ3v) is 5.19. The summed E-state index contributed by atoms with van der Waals surface area (Å²) >= 11 is 0. The summed E-state index contributed by atoms with van der Waals surface area (Å²) in [6.07, 6.45) is 1.81. The van der Waals surface area contributed by atoms with Crippen LogP contribution < -0.4 is 4.74 Å². The van der Waals surface area contributed by atoms with Crippen molar-refractivity contribution in [3.63, 3.8) is 0 Å². The first-order valence-electron chi connectivity index (χ1n) is 9.43. The first-order valence-corrected chi connectivity index (χ1v) is 9.43. The molecule has 1 aromatic heterocycles. The van der Waals surface area contributed by atoms with Crippen molar-refractivity contribution in [2.24, 2.45) is 0 Å². The van der Waals surface area contributed by atoms with Gasteiger partial charge in [0.05, 0.1) is 25.0 Å². The molecule has 0 bridgehead atoms. The zero-order valence-corrected chi connectivity index (χ0v) is 16.3. The summed E-state index contributed by atoms with van der Waals surface area (Å²) in [6, 6.07) is 15.6. The van der Waals surface area contributed by atoms with E-state index in [1.807, 2.05) is 74.2 Å². The van der Waals surface area contributed by atoms with E-state index in [9.17, 15) is 4.79 Å². The fourth-order valence-corrected chi connectivity index (χ4v) is 3.32. The fraction of sp³-hybridized carbons (Fsp3) is 0.261. The van der Waals surface area contributed by atoms with Crippen LogP contribution in [0.3, 0.4) is 0 Å². The van der Waals surface area contributed by atoms with Gasteiger partial charge in [-0.1, -0.05) is 24.3 Å². The summed E-state index contributed by atoms with van der Waals surface area (Å²) in [4.78, 5) is 14.5. The Hall–Kier alpha value is -3.21. The number of rotatable bonds is 4. The molecule has 0 spiro atoms. The van der Waals surface area contributed by atoms with E-state index in [1.165, 1.54) is 5.56 Å². The number of amides is 1. The standard InChI is InChI=1S/C23H23N3O2/c1-15-5-4-6-20(11-15)28-21-13-26(14-21)23(27)19-9-7-18(8-10-19)22-17(3)16(2)12-24-25-22/h4-12,21H,13-14H2,1-3H3. The van der Waals surface area contributed by atoms with Gasteiger partial charge in [-0.15, -0.1) is 0 Å². The molecule has 5 nitrogen and oxygen atoms in total. The lowest BCUT2D eigenvalue weighted by molar-refractivity contribution is 0.0178. The Morgan fingerprint density at radius 2 is 1.82 bits per heavy atom. The minimum absolute atomic E-state index is 0.0303. The van der Waals surface area contributed by atoms with Gasteiger partial charge in [-0.2, -0.15) is 10.2 Å². The minimum atomic E-state index is 0.0303. The molecule has 0 unspecified atom stereocenters. The predicted molar refractivity (Wildman–Crippen MR) is 108 cm³/mol. The van der Waals surface area contributed by atoms with Gasteiger partial charge in [0.1, 0.15) is 11.9 Å². The van der Waals surface area contributed by atoms with E-state index in [0.29, 0.717) is 18.7 Å². The minimum Gasteiger partial charge on any atom is -0.487 e. The number of likely N-dealkylation sites (tertiary alicyclic amines) is 1. The zero-order valence-electron chi connectivity index (χ0n) is 16.3. The van der Waals surface area contributed by atoms with Crippen LogP contribution in [0, 0.1) is 20.8 Å². The predicted octanol–water partition coefficient (Wildman–Crippen LogP) is 3.97. The van der Waals surface area contributed by atoms with Gasteiger partial charge in [-0.05, 0) is 61.7 Å². The molecule has 1 aliphatic rings. The molecule has 5 heteroatoms. The molecule has 0 radical (unpaired) electrons. The van der Waals surface area contributed by atoms with Crippen LogP contribution in [0.4, 0.5) is 0 Å². The SMILES string of the molecule is Cc1cccc(OC2CN(C(=O)c3ccc(-c4nncc(C)c4C)cc3)C2)c1. The molecular weight excluding hydrogens is 350 g/mol. The molecule has 1 aliphatic heterocycles. The topological polar surface area (TPSA) is 55.3 Å². The number of hydrogen-bond donors (Lipinski definition) is 0. The molecule has 2 aromatic carbocycles. The molecule has 2 heterocycles. The van der Waals surface area contributed by atoms with Crippen molar-refractivity contribution in [3.05, 3.63) is 77.0 Å². The Kier molecular flexibility index (Phi) is 4.82. The van der Waals surface area contributed by atoms with Crippen molar-refractivity contribution in [3.8, 4) is 17.0 Å². The molecular formula is C23H23N3O2. The first kappa shape index (κ1) is 18.2. The Morgan fingerprint density at radius 3 is 2.54 bits per heavy atom. The Morgan fingerprint density at radius 1 is 1.07 bits per heavy atom. The molecule has 4 rings (SSSR count). The first-order chi connectivity index (χ1) is 13.5. The van der Waals surface area contributed by atoms with Gasteiger partial charge in [-0.3, -0.25) is 4.79 Å². The second-order valence-electron chi connectivity index (χ2n) is 7.35. The Balaban J connectivity index is 1.39. The van der Waals surface area contributed by atoms with Gasteiger partial charge in [-0.25, -0.2) is 0 Å². The molecule has 1 saturated heterocycles. The molecule has 28 heavy (non-hydrogen) atoms. The molecule has 1 amide bonds. The average Bonchev–Trinajstić information content (AvgIpc) is 2.66. The number of aryl methyl sites for hydroxylation is 2. The summed E-state index contributed by atoms with van der Waals surface area (Å²) in [7, 11) is 0. The maximum absolute atomic E-state index is 12.7. The fourth-order valence-electron chi connectivity index (χ4n) is 3.32. The van der Waals surface area contributed by atoms with Crippen molar-refractivity contribution >= 4 is 5.91 Å². The van der Waals surface area contributed by atoms with Crippen LogP contribution in [0.5, 0.6) is 5.75 Å². The van der Waals surface area contributed by atoms with E-state index >= 15 is 0 Å². The van der Waals surface area contributed by atoms with Gasteiger partial charge in [0, 0.05) is 11.1 Å². The lowest BCUT2D eigenvalue weighted by Gasteiger charge is -2.39. The van der Waals surface area contributed by atoms with Crippen LogP contribution in [-0.4, -0.2) is 40.2 Å². The highest BCUT2D eigenvalue weighted by Crippen LogP contribution is 2.24. The summed E-state index contributed by atoms with van der Waals surface area (Å²) in [5, 5.41) is 8.28. The highest BCUT2D eigenvalue weighted by atomic mass is 16.5. The molecule has 3 aromatic rings. The van der Waals surface area contributed by atoms with Crippen molar-refractivity contribution in [2.45, 2.75) is 26.9 Å². The zero-order chi connectivity index (χ0) is 19.7.